The summed E-state index contributed by atoms with van der Waals surface area (Å²) in [6, 6.07) is 0. The second-order valence-corrected chi connectivity index (χ2v) is 5.86. The van der Waals surface area contributed by atoms with Gasteiger partial charge in [-0.05, 0) is 6.42 Å². The van der Waals surface area contributed by atoms with Crippen molar-refractivity contribution in [3.05, 3.63) is 16.1 Å². The van der Waals surface area contributed by atoms with Crippen LogP contribution in [0.5, 0.6) is 0 Å². The first-order valence-corrected chi connectivity index (χ1v) is 6.75. The molecule has 3 N–H and O–H groups in total. The number of nitrogens with zero attached hydrogens (tertiary/aromatic N) is 1. The van der Waals surface area contributed by atoms with Crippen LogP contribution < -0.4 is 5.73 Å². The highest BCUT2D eigenvalue weighted by Gasteiger charge is 2.21. The number of hydrogen-bond acceptors (Lipinski definition) is 5. The number of thiazole rings is 1. The Morgan fingerprint density at radius 2 is 2.24 bits per heavy atom. The zero-order valence-electron chi connectivity index (χ0n) is 10.8. The van der Waals surface area contributed by atoms with Gasteiger partial charge in [0.25, 0.3) is 0 Å². The highest BCUT2D eigenvalue weighted by Crippen LogP contribution is 2.28. The third kappa shape index (κ3) is 4.35. The molecule has 0 amide bonds. The van der Waals surface area contributed by atoms with Gasteiger partial charge in [0.05, 0.1) is 10.7 Å². The molecule has 98 valence electrons. The lowest BCUT2D eigenvalue weighted by Gasteiger charge is -2.15. The maximum Gasteiger partial charge on any atom is 0.112 e. The van der Waals surface area contributed by atoms with E-state index in [0.29, 0.717) is 19.6 Å². The summed E-state index contributed by atoms with van der Waals surface area (Å²) in [6.07, 6.45) is 0.473. The Balaban J connectivity index is 2.66. The molecule has 0 aliphatic rings. The molecule has 0 spiro atoms. The second kappa shape index (κ2) is 6.44. The van der Waals surface area contributed by atoms with E-state index in [-0.39, 0.29) is 18.1 Å². The molecule has 1 unspecified atom stereocenters. The van der Waals surface area contributed by atoms with Gasteiger partial charge >= 0.3 is 0 Å². The van der Waals surface area contributed by atoms with Crippen molar-refractivity contribution in [3.63, 3.8) is 0 Å². The van der Waals surface area contributed by atoms with Gasteiger partial charge in [-0.25, -0.2) is 4.98 Å². The molecular weight excluding hydrogens is 236 g/mol. The fourth-order valence-electron chi connectivity index (χ4n) is 1.34. The van der Waals surface area contributed by atoms with Crippen LogP contribution in [0.15, 0.2) is 5.38 Å². The van der Waals surface area contributed by atoms with Crippen molar-refractivity contribution in [3.8, 4) is 0 Å². The van der Waals surface area contributed by atoms with E-state index in [1.165, 1.54) is 0 Å². The molecular formula is C12H22N2O2S. The number of aliphatic hydroxyl groups excluding tert-OH is 1. The predicted molar refractivity (Wildman–Crippen MR) is 70.3 cm³/mol. The lowest BCUT2D eigenvalue weighted by atomic mass is 9.98. The molecule has 0 aromatic carbocycles. The van der Waals surface area contributed by atoms with Gasteiger partial charge in [-0.3, -0.25) is 0 Å². The molecule has 0 aliphatic carbocycles. The van der Waals surface area contributed by atoms with Crippen molar-refractivity contribution in [1.29, 1.82) is 0 Å². The Bertz CT molecular complexity index is 333. The van der Waals surface area contributed by atoms with Crippen LogP contribution in [0, 0.1) is 0 Å². The number of nitrogens with two attached hydrogens (primary N) is 1. The average Bonchev–Trinajstić information content (AvgIpc) is 2.73. The van der Waals surface area contributed by atoms with Crippen LogP contribution in [0.25, 0.3) is 0 Å². The van der Waals surface area contributed by atoms with Gasteiger partial charge in [-0.15, -0.1) is 11.3 Å². The number of aromatic nitrogens is 1. The lowest BCUT2D eigenvalue weighted by molar-refractivity contribution is 0.0465. The quantitative estimate of drug-likeness (QED) is 0.764. The zero-order chi connectivity index (χ0) is 12.9. The smallest absolute Gasteiger partial charge is 0.112 e. The number of ether oxygens (including phenoxy) is 1. The summed E-state index contributed by atoms with van der Waals surface area (Å²) in [5, 5.41) is 11.8. The largest absolute Gasteiger partial charge is 0.396 e. The van der Waals surface area contributed by atoms with Crippen LogP contribution in [0.3, 0.4) is 0 Å². The SMILES string of the molecule is CC(C)(C)c1nc(C(CN)OCCCO)cs1. The molecule has 0 fully saturated rings. The van der Waals surface area contributed by atoms with Crippen LogP contribution in [-0.4, -0.2) is 29.8 Å². The molecule has 0 saturated carbocycles. The average molecular weight is 258 g/mol. The molecule has 0 aliphatic heterocycles. The van der Waals surface area contributed by atoms with Crippen molar-refractivity contribution in [1.82, 2.24) is 4.98 Å². The van der Waals surface area contributed by atoms with Gasteiger partial charge in [0, 0.05) is 30.6 Å². The summed E-state index contributed by atoms with van der Waals surface area (Å²) >= 11 is 1.64. The van der Waals surface area contributed by atoms with E-state index in [9.17, 15) is 0 Å². The van der Waals surface area contributed by atoms with E-state index >= 15 is 0 Å². The molecule has 1 heterocycles. The summed E-state index contributed by atoms with van der Waals surface area (Å²) in [5.74, 6) is 0. The van der Waals surface area contributed by atoms with Crippen LogP contribution in [0.1, 0.15) is 44.0 Å². The van der Waals surface area contributed by atoms with Crippen molar-refractivity contribution < 1.29 is 9.84 Å². The Kier molecular flexibility index (Phi) is 5.52. The Labute approximate surface area is 107 Å². The van der Waals surface area contributed by atoms with E-state index < -0.39 is 0 Å². The zero-order valence-corrected chi connectivity index (χ0v) is 11.6. The molecule has 0 bridgehead atoms. The minimum absolute atomic E-state index is 0.0627. The number of aliphatic hydroxyl groups is 1. The molecule has 0 radical (unpaired) electrons. The molecule has 1 atom stereocenters. The van der Waals surface area contributed by atoms with Crippen molar-refractivity contribution >= 4 is 11.3 Å². The van der Waals surface area contributed by atoms with Crippen LogP contribution in [0.2, 0.25) is 0 Å². The first kappa shape index (κ1) is 14.6. The van der Waals surface area contributed by atoms with E-state index in [2.05, 4.69) is 25.8 Å². The topological polar surface area (TPSA) is 68.4 Å². The summed E-state index contributed by atoms with van der Waals surface area (Å²) < 4.78 is 5.60. The van der Waals surface area contributed by atoms with Crippen LogP contribution in [0.4, 0.5) is 0 Å². The van der Waals surface area contributed by atoms with Crippen molar-refractivity contribution in [2.75, 3.05) is 19.8 Å². The molecule has 0 saturated heterocycles. The van der Waals surface area contributed by atoms with Crippen LogP contribution in [-0.2, 0) is 10.2 Å². The molecule has 1 aromatic heterocycles. The van der Waals surface area contributed by atoms with Gasteiger partial charge < -0.3 is 15.6 Å². The van der Waals surface area contributed by atoms with E-state index in [1.807, 2.05) is 5.38 Å². The molecule has 5 heteroatoms. The van der Waals surface area contributed by atoms with E-state index in [4.69, 9.17) is 15.6 Å². The van der Waals surface area contributed by atoms with Gasteiger partial charge in [0.15, 0.2) is 0 Å². The van der Waals surface area contributed by atoms with Crippen molar-refractivity contribution in [2.45, 2.75) is 38.7 Å². The van der Waals surface area contributed by atoms with E-state index in [1.54, 1.807) is 11.3 Å². The fraction of sp³-hybridized carbons (Fsp3) is 0.750. The summed E-state index contributed by atoms with van der Waals surface area (Å²) in [5.41, 5.74) is 6.65. The first-order chi connectivity index (χ1) is 7.99. The minimum atomic E-state index is -0.158. The summed E-state index contributed by atoms with van der Waals surface area (Å²) in [7, 11) is 0. The number of hydrogen-bond donors (Lipinski definition) is 2. The highest BCUT2D eigenvalue weighted by molar-refractivity contribution is 7.09. The molecule has 17 heavy (non-hydrogen) atoms. The Morgan fingerprint density at radius 3 is 2.71 bits per heavy atom. The summed E-state index contributed by atoms with van der Waals surface area (Å²) in [6.45, 7) is 7.49. The predicted octanol–water partition coefficient (Wildman–Crippen LogP) is 1.84. The van der Waals surface area contributed by atoms with Gasteiger partial charge in [-0.2, -0.15) is 0 Å². The van der Waals surface area contributed by atoms with E-state index in [0.717, 1.165) is 10.7 Å². The molecule has 4 nitrogen and oxygen atoms in total. The van der Waals surface area contributed by atoms with Gasteiger partial charge in [0.2, 0.25) is 0 Å². The Morgan fingerprint density at radius 1 is 1.53 bits per heavy atom. The number of rotatable bonds is 6. The first-order valence-electron chi connectivity index (χ1n) is 5.87. The maximum atomic E-state index is 8.71. The van der Waals surface area contributed by atoms with Gasteiger partial charge in [0.1, 0.15) is 6.10 Å². The summed E-state index contributed by atoms with van der Waals surface area (Å²) in [4.78, 5) is 4.58. The molecule has 1 aromatic rings. The molecule has 1 rings (SSSR count). The Hall–Kier alpha value is -0.490. The fourth-order valence-corrected chi connectivity index (χ4v) is 2.29. The standard InChI is InChI=1S/C12H22N2O2S/c1-12(2,3)11-14-9(8-17-11)10(7-13)16-6-4-5-15/h8,10,15H,4-7,13H2,1-3H3. The maximum absolute atomic E-state index is 8.71. The monoisotopic (exact) mass is 258 g/mol. The van der Waals surface area contributed by atoms with Crippen LogP contribution >= 0.6 is 11.3 Å². The van der Waals surface area contributed by atoms with Gasteiger partial charge in [-0.1, -0.05) is 20.8 Å². The normalized spacial score (nSPS) is 13.9. The second-order valence-electron chi connectivity index (χ2n) is 5.00. The third-order valence-electron chi connectivity index (χ3n) is 2.33. The lowest BCUT2D eigenvalue weighted by Crippen LogP contribution is -2.18. The van der Waals surface area contributed by atoms with Crippen molar-refractivity contribution in [2.24, 2.45) is 5.73 Å². The minimum Gasteiger partial charge on any atom is -0.396 e. The highest BCUT2D eigenvalue weighted by atomic mass is 32.1. The third-order valence-corrected chi connectivity index (χ3v) is 3.62.